The third kappa shape index (κ3) is 1.96. The Morgan fingerprint density at radius 2 is 2.30 bits per heavy atom. The second-order valence-corrected chi connectivity index (χ2v) is 6.07. The van der Waals surface area contributed by atoms with Gasteiger partial charge in [0.2, 0.25) is 0 Å². The smallest absolute Gasteiger partial charge is 0.398 e. The van der Waals surface area contributed by atoms with Crippen molar-refractivity contribution in [2.24, 2.45) is 7.05 Å². The van der Waals surface area contributed by atoms with Crippen molar-refractivity contribution in [3.63, 3.8) is 0 Å². The number of carbonyl (C=O) groups excluding carboxylic acids is 1. The molecule has 2 aromatic rings. The van der Waals surface area contributed by atoms with Gasteiger partial charge in [-0.25, -0.2) is 10.0 Å². The summed E-state index contributed by atoms with van der Waals surface area (Å²) in [5.41, 5.74) is 1.47. The summed E-state index contributed by atoms with van der Waals surface area (Å²) in [7, 11) is 3.31. The highest BCUT2D eigenvalue weighted by Crippen LogP contribution is 2.31. The number of rotatable bonds is 2. The fourth-order valence-corrected chi connectivity index (χ4v) is 3.56. The lowest BCUT2D eigenvalue weighted by Gasteiger charge is -2.31. The molecule has 106 valence electrons. The Bertz CT molecular complexity index is 661. The lowest BCUT2D eigenvalue weighted by atomic mass is 10.1. The zero-order valence-corrected chi connectivity index (χ0v) is 12.3. The van der Waals surface area contributed by atoms with Gasteiger partial charge in [0.05, 0.1) is 7.11 Å². The summed E-state index contributed by atoms with van der Waals surface area (Å²) in [6, 6.07) is 3.72. The predicted molar refractivity (Wildman–Crippen MR) is 74.9 cm³/mol. The Hall–Kier alpha value is -1.63. The molecule has 6 heteroatoms. The van der Waals surface area contributed by atoms with E-state index in [1.807, 2.05) is 11.4 Å². The molecule has 3 rings (SSSR count). The SMILES string of the molecule is COc1ccn(C)c1C(=O)[N+]1(O)CCc2sccc2C1. The third-order valence-corrected chi connectivity index (χ3v) is 4.84. The molecule has 0 aromatic carbocycles. The summed E-state index contributed by atoms with van der Waals surface area (Å²) in [5.74, 6) is 0.186. The molecule has 0 aliphatic carbocycles. The average Bonchev–Trinajstić information content (AvgIpc) is 3.03. The van der Waals surface area contributed by atoms with Crippen LogP contribution in [0.2, 0.25) is 0 Å². The van der Waals surface area contributed by atoms with Gasteiger partial charge in [0.25, 0.3) is 0 Å². The highest BCUT2D eigenvalue weighted by molar-refractivity contribution is 7.10. The largest absolute Gasteiger partial charge is 0.494 e. The van der Waals surface area contributed by atoms with E-state index < -0.39 is 4.65 Å². The van der Waals surface area contributed by atoms with E-state index in [1.165, 1.54) is 12.0 Å². The molecule has 1 aliphatic rings. The van der Waals surface area contributed by atoms with E-state index in [4.69, 9.17) is 4.74 Å². The first-order chi connectivity index (χ1) is 9.55. The molecule has 1 aliphatic heterocycles. The summed E-state index contributed by atoms with van der Waals surface area (Å²) >= 11 is 1.68. The average molecular weight is 293 g/mol. The van der Waals surface area contributed by atoms with Crippen molar-refractivity contribution in [1.29, 1.82) is 0 Å². The van der Waals surface area contributed by atoms with Gasteiger partial charge in [-0.2, -0.15) is 0 Å². The molecule has 2 aromatic heterocycles. The van der Waals surface area contributed by atoms with Gasteiger partial charge in [-0.05, 0) is 17.5 Å². The molecule has 20 heavy (non-hydrogen) atoms. The van der Waals surface area contributed by atoms with Crippen molar-refractivity contribution in [1.82, 2.24) is 4.57 Å². The molecule has 1 atom stereocenters. The number of aromatic nitrogens is 1. The Balaban J connectivity index is 1.96. The zero-order valence-electron chi connectivity index (χ0n) is 11.5. The number of hydroxylamine groups is 3. The standard InChI is InChI=1S/C14H17N2O3S/c1-15-6-3-11(19-2)13(15)14(17)16(18)7-4-12-10(9-16)5-8-20-12/h3,5-6,8,18H,4,7,9H2,1-2H3/q+1. The van der Waals surface area contributed by atoms with Crippen LogP contribution in [0.5, 0.6) is 5.75 Å². The molecule has 1 N–H and O–H groups in total. The number of amides is 1. The highest BCUT2D eigenvalue weighted by Gasteiger charge is 2.43. The Labute approximate surface area is 121 Å². The van der Waals surface area contributed by atoms with Crippen molar-refractivity contribution < 1.29 is 19.4 Å². The zero-order chi connectivity index (χ0) is 14.3. The van der Waals surface area contributed by atoms with Crippen LogP contribution in [-0.2, 0) is 20.0 Å². The van der Waals surface area contributed by atoms with Crippen LogP contribution in [0, 0.1) is 0 Å². The molecular formula is C14H17N2O3S+. The van der Waals surface area contributed by atoms with Gasteiger partial charge in [0, 0.05) is 30.1 Å². The minimum atomic E-state index is -0.585. The topological polar surface area (TPSA) is 51.5 Å². The van der Waals surface area contributed by atoms with Gasteiger partial charge >= 0.3 is 5.91 Å². The number of carbonyl (C=O) groups is 1. The van der Waals surface area contributed by atoms with Crippen LogP contribution in [0.1, 0.15) is 20.9 Å². The molecule has 0 saturated carbocycles. The molecule has 0 radical (unpaired) electrons. The number of quaternary nitrogens is 1. The van der Waals surface area contributed by atoms with Crippen LogP contribution in [0.4, 0.5) is 0 Å². The first-order valence-corrected chi connectivity index (χ1v) is 7.32. The van der Waals surface area contributed by atoms with Gasteiger partial charge in [-0.3, -0.25) is 0 Å². The van der Waals surface area contributed by atoms with Crippen molar-refractivity contribution in [2.45, 2.75) is 13.0 Å². The second-order valence-electron chi connectivity index (χ2n) is 5.07. The highest BCUT2D eigenvalue weighted by atomic mass is 32.1. The lowest BCUT2D eigenvalue weighted by molar-refractivity contribution is -1.05. The van der Waals surface area contributed by atoms with Crippen molar-refractivity contribution in [2.75, 3.05) is 13.7 Å². The summed E-state index contributed by atoms with van der Waals surface area (Å²) in [6.07, 6.45) is 2.49. The lowest BCUT2D eigenvalue weighted by Crippen LogP contribution is -2.52. The predicted octanol–water partition coefficient (Wildman–Crippen LogP) is 2.20. The van der Waals surface area contributed by atoms with Crippen LogP contribution >= 0.6 is 11.3 Å². The molecule has 1 unspecified atom stereocenters. The summed E-state index contributed by atoms with van der Waals surface area (Å²) in [4.78, 5) is 14.0. The Kier molecular flexibility index (Phi) is 3.16. The van der Waals surface area contributed by atoms with Gasteiger partial charge in [0.15, 0.2) is 11.4 Å². The quantitative estimate of drug-likeness (QED) is 0.682. The van der Waals surface area contributed by atoms with Gasteiger partial charge < -0.3 is 9.30 Å². The van der Waals surface area contributed by atoms with Crippen LogP contribution in [0.3, 0.4) is 0 Å². The minimum absolute atomic E-state index is 0.314. The van der Waals surface area contributed by atoms with Crippen LogP contribution in [0.25, 0.3) is 0 Å². The number of hydrogen-bond acceptors (Lipinski definition) is 4. The van der Waals surface area contributed by atoms with E-state index in [9.17, 15) is 10.0 Å². The molecule has 1 amide bonds. The van der Waals surface area contributed by atoms with E-state index in [2.05, 4.69) is 0 Å². The second kappa shape index (κ2) is 4.73. The third-order valence-electron chi connectivity index (χ3n) is 3.81. The monoisotopic (exact) mass is 293 g/mol. The number of hydrogen-bond donors (Lipinski definition) is 1. The van der Waals surface area contributed by atoms with Crippen LogP contribution in [0.15, 0.2) is 23.7 Å². The number of methoxy groups -OCH3 is 1. The number of fused-ring (bicyclic) bond motifs is 1. The van der Waals surface area contributed by atoms with Crippen molar-refractivity contribution >= 4 is 17.2 Å². The van der Waals surface area contributed by atoms with Crippen LogP contribution in [-0.4, -0.2) is 34.0 Å². The van der Waals surface area contributed by atoms with Crippen molar-refractivity contribution in [3.8, 4) is 5.75 Å². The van der Waals surface area contributed by atoms with E-state index in [0.29, 0.717) is 24.5 Å². The molecule has 0 fully saturated rings. The normalized spacial score (nSPS) is 21.6. The van der Waals surface area contributed by atoms with E-state index in [1.54, 1.807) is 35.2 Å². The number of thiophene rings is 1. The minimum Gasteiger partial charge on any atom is -0.494 e. The first-order valence-electron chi connectivity index (χ1n) is 6.44. The molecule has 3 heterocycles. The fraction of sp³-hybridized carbons (Fsp3) is 0.357. The summed E-state index contributed by atoms with van der Waals surface area (Å²) < 4.78 is 6.33. The number of nitrogens with zero attached hydrogens (tertiary/aromatic N) is 2. The number of aryl methyl sites for hydroxylation is 1. The number of ether oxygens (including phenoxy) is 1. The van der Waals surface area contributed by atoms with Gasteiger partial charge in [-0.15, -0.1) is 16.0 Å². The maximum absolute atomic E-state index is 12.7. The molecule has 5 nitrogen and oxygen atoms in total. The van der Waals surface area contributed by atoms with Gasteiger partial charge in [-0.1, -0.05) is 0 Å². The fourth-order valence-electron chi connectivity index (χ4n) is 2.67. The molecule has 0 saturated heterocycles. The first kappa shape index (κ1) is 13.4. The Morgan fingerprint density at radius 1 is 1.50 bits per heavy atom. The van der Waals surface area contributed by atoms with Gasteiger partial charge in [0.1, 0.15) is 13.1 Å². The van der Waals surface area contributed by atoms with Crippen molar-refractivity contribution in [3.05, 3.63) is 39.8 Å². The maximum atomic E-state index is 12.7. The van der Waals surface area contributed by atoms with E-state index >= 15 is 0 Å². The molecule has 0 spiro atoms. The summed E-state index contributed by atoms with van der Waals surface area (Å²) in [5, 5.41) is 12.8. The van der Waals surface area contributed by atoms with E-state index in [0.717, 1.165) is 12.0 Å². The van der Waals surface area contributed by atoms with Crippen LogP contribution < -0.4 is 4.74 Å². The summed E-state index contributed by atoms with van der Waals surface area (Å²) in [6.45, 7) is 0.729. The van der Waals surface area contributed by atoms with E-state index in [-0.39, 0.29) is 5.91 Å². The maximum Gasteiger partial charge on any atom is 0.398 e. The molecule has 0 bridgehead atoms. The Morgan fingerprint density at radius 3 is 3.05 bits per heavy atom. The molecular weight excluding hydrogens is 276 g/mol.